The van der Waals surface area contributed by atoms with Crippen LogP contribution in [0.5, 0.6) is 5.75 Å². The molecule has 0 saturated carbocycles. The lowest BCUT2D eigenvalue weighted by Gasteiger charge is -2.12. The van der Waals surface area contributed by atoms with E-state index >= 15 is 0 Å². The van der Waals surface area contributed by atoms with Gasteiger partial charge in [-0.05, 0) is 31.2 Å². The van der Waals surface area contributed by atoms with Crippen molar-refractivity contribution in [3.63, 3.8) is 0 Å². The van der Waals surface area contributed by atoms with Crippen molar-refractivity contribution < 1.29 is 9.84 Å². The van der Waals surface area contributed by atoms with Crippen molar-refractivity contribution in [3.05, 3.63) is 60.8 Å². The van der Waals surface area contributed by atoms with E-state index in [0.29, 0.717) is 24.0 Å². The number of anilines is 3. The highest BCUT2D eigenvalue weighted by molar-refractivity contribution is 5.90. The Bertz CT molecular complexity index is 1110. The highest BCUT2D eigenvalue weighted by Gasteiger charge is 2.15. The predicted molar refractivity (Wildman–Crippen MR) is 113 cm³/mol. The van der Waals surface area contributed by atoms with Gasteiger partial charge in [-0.25, -0.2) is 4.68 Å². The van der Waals surface area contributed by atoms with Gasteiger partial charge in [-0.1, -0.05) is 24.3 Å². The van der Waals surface area contributed by atoms with E-state index in [4.69, 9.17) is 4.74 Å². The number of nitrogens with one attached hydrogen (secondary N) is 2. The lowest BCUT2D eigenvalue weighted by molar-refractivity contribution is 0.208. The number of hydrogen-bond acceptors (Lipinski definition) is 7. The molecular weight excluding hydrogens is 368 g/mol. The van der Waals surface area contributed by atoms with E-state index < -0.39 is 6.10 Å². The number of aromatic nitrogens is 4. The maximum atomic E-state index is 9.62. The van der Waals surface area contributed by atoms with Gasteiger partial charge in [-0.3, -0.25) is 0 Å². The van der Waals surface area contributed by atoms with Crippen LogP contribution in [0.4, 0.5) is 17.5 Å². The summed E-state index contributed by atoms with van der Waals surface area (Å²) in [5.41, 5.74) is 2.39. The summed E-state index contributed by atoms with van der Waals surface area (Å²) in [4.78, 5) is 9.21. The smallest absolute Gasteiger partial charge is 0.226 e. The zero-order valence-corrected chi connectivity index (χ0v) is 16.2. The Hall–Kier alpha value is -3.65. The third-order valence-corrected chi connectivity index (χ3v) is 4.32. The Morgan fingerprint density at radius 2 is 1.93 bits per heavy atom. The van der Waals surface area contributed by atoms with Crippen molar-refractivity contribution in [2.75, 3.05) is 24.3 Å². The number of aliphatic hydroxyl groups is 1. The summed E-state index contributed by atoms with van der Waals surface area (Å²) in [6, 6.07) is 17.4. The fourth-order valence-electron chi connectivity index (χ4n) is 2.92. The van der Waals surface area contributed by atoms with Crippen LogP contribution >= 0.6 is 0 Å². The second-order valence-electron chi connectivity index (χ2n) is 6.61. The third-order valence-electron chi connectivity index (χ3n) is 4.32. The van der Waals surface area contributed by atoms with E-state index in [2.05, 4.69) is 25.7 Å². The van der Waals surface area contributed by atoms with Crippen molar-refractivity contribution in [3.8, 4) is 11.4 Å². The van der Waals surface area contributed by atoms with E-state index in [-0.39, 0.29) is 0 Å². The van der Waals surface area contributed by atoms with Crippen LogP contribution in [0, 0.1) is 0 Å². The lowest BCUT2D eigenvalue weighted by atomic mass is 10.3. The number of aliphatic hydroxyl groups excluding tert-OH is 1. The van der Waals surface area contributed by atoms with Gasteiger partial charge < -0.3 is 20.5 Å². The highest BCUT2D eigenvalue weighted by atomic mass is 16.5. The second-order valence-corrected chi connectivity index (χ2v) is 6.61. The van der Waals surface area contributed by atoms with Crippen molar-refractivity contribution in [1.29, 1.82) is 0 Å². The summed E-state index contributed by atoms with van der Waals surface area (Å²) < 4.78 is 7.07. The molecule has 2 heterocycles. The molecule has 0 aliphatic rings. The molecule has 8 nitrogen and oxygen atoms in total. The van der Waals surface area contributed by atoms with Crippen LogP contribution < -0.4 is 15.4 Å². The molecule has 2 aromatic heterocycles. The van der Waals surface area contributed by atoms with Gasteiger partial charge in [-0.15, -0.1) is 0 Å². The summed E-state index contributed by atoms with van der Waals surface area (Å²) in [6.45, 7) is 2.04. The highest BCUT2D eigenvalue weighted by Crippen LogP contribution is 2.28. The minimum Gasteiger partial charge on any atom is -0.497 e. The van der Waals surface area contributed by atoms with Gasteiger partial charge in [0.05, 0.1) is 30.5 Å². The normalized spacial score (nSPS) is 12.0. The van der Waals surface area contributed by atoms with E-state index in [9.17, 15) is 5.11 Å². The van der Waals surface area contributed by atoms with Gasteiger partial charge in [0, 0.05) is 18.3 Å². The Morgan fingerprint density at radius 3 is 2.69 bits per heavy atom. The summed E-state index contributed by atoms with van der Waals surface area (Å²) in [5, 5.41) is 21.3. The van der Waals surface area contributed by atoms with Crippen molar-refractivity contribution in [2.24, 2.45) is 0 Å². The van der Waals surface area contributed by atoms with Gasteiger partial charge in [0.2, 0.25) is 5.95 Å². The molecule has 0 bridgehead atoms. The topological polar surface area (TPSA) is 97.1 Å². The lowest BCUT2D eigenvalue weighted by Crippen LogP contribution is -2.17. The molecule has 8 heteroatoms. The number of rotatable bonds is 7. The monoisotopic (exact) mass is 390 g/mol. The van der Waals surface area contributed by atoms with E-state index in [1.807, 2.05) is 54.6 Å². The largest absolute Gasteiger partial charge is 0.497 e. The Morgan fingerprint density at radius 1 is 1.10 bits per heavy atom. The number of methoxy groups -OCH3 is 1. The number of ether oxygens (including phenoxy) is 1. The fourth-order valence-corrected chi connectivity index (χ4v) is 2.92. The van der Waals surface area contributed by atoms with Crippen molar-refractivity contribution in [1.82, 2.24) is 19.7 Å². The van der Waals surface area contributed by atoms with Gasteiger partial charge in [-0.2, -0.15) is 15.1 Å². The number of fused-ring (bicyclic) bond motifs is 1. The molecule has 0 unspecified atom stereocenters. The zero-order valence-electron chi connectivity index (χ0n) is 16.2. The summed E-state index contributed by atoms with van der Waals surface area (Å²) in [5.74, 6) is 1.76. The molecule has 4 aromatic rings. The first kappa shape index (κ1) is 18.7. The van der Waals surface area contributed by atoms with Crippen LogP contribution in [0.3, 0.4) is 0 Å². The zero-order chi connectivity index (χ0) is 20.2. The predicted octanol–water partition coefficient (Wildman–Crippen LogP) is 3.36. The quantitative estimate of drug-likeness (QED) is 0.445. The summed E-state index contributed by atoms with van der Waals surface area (Å²) in [6.07, 6.45) is 1.21. The molecule has 29 heavy (non-hydrogen) atoms. The Balaban J connectivity index is 1.80. The van der Waals surface area contributed by atoms with Crippen molar-refractivity contribution in [2.45, 2.75) is 13.0 Å². The fraction of sp³-hybridized carbons (Fsp3) is 0.190. The first-order chi connectivity index (χ1) is 14.1. The molecule has 1 atom stereocenters. The number of para-hydroxylation sites is 1. The molecule has 0 amide bonds. The molecule has 0 radical (unpaired) electrons. The Labute approximate surface area is 168 Å². The van der Waals surface area contributed by atoms with Crippen LogP contribution in [0.1, 0.15) is 6.92 Å². The van der Waals surface area contributed by atoms with Gasteiger partial charge >= 0.3 is 0 Å². The van der Waals surface area contributed by atoms with Crippen LogP contribution in [-0.2, 0) is 0 Å². The molecule has 0 aliphatic carbocycles. The molecule has 3 N–H and O–H groups in total. The van der Waals surface area contributed by atoms with Crippen molar-refractivity contribution >= 4 is 28.5 Å². The first-order valence-electron chi connectivity index (χ1n) is 9.28. The maximum Gasteiger partial charge on any atom is 0.226 e. The molecule has 0 saturated heterocycles. The Kier molecular flexibility index (Phi) is 5.26. The maximum absolute atomic E-state index is 9.62. The number of benzene rings is 2. The van der Waals surface area contributed by atoms with Gasteiger partial charge in [0.25, 0.3) is 0 Å². The molecule has 0 fully saturated rings. The van der Waals surface area contributed by atoms with Gasteiger partial charge in [0.15, 0.2) is 5.65 Å². The van der Waals surface area contributed by atoms with Crippen LogP contribution in [0.2, 0.25) is 0 Å². The summed E-state index contributed by atoms with van der Waals surface area (Å²) in [7, 11) is 1.63. The molecule has 148 valence electrons. The van der Waals surface area contributed by atoms with Crippen LogP contribution in [0.25, 0.3) is 16.7 Å². The molecule has 0 aliphatic heterocycles. The van der Waals surface area contributed by atoms with E-state index in [1.165, 1.54) is 0 Å². The molecule has 0 spiro atoms. The first-order valence-corrected chi connectivity index (χ1v) is 9.28. The van der Waals surface area contributed by atoms with Gasteiger partial charge in [0.1, 0.15) is 11.6 Å². The van der Waals surface area contributed by atoms with Crippen LogP contribution in [-0.4, -0.2) is 44.6 Å². The summed E-state index contributed by atoms with van der Waals surface area (Å²) >= 11 is 0. The molecular formula is C21H22N6O2. The van der Waals surface area contributed by atoms with Crippen LogP contribution in [0.15, 0.2) is 60.8 Å². The average molecular weight is 390 g/mol. The average Bonchev–Trinajstić information content (AvgIpc) is 3.17. The third kappa shape index (κ3) is 4.12. The second kappa shape index (κ2) is 8.15. The number of nitrogens with zero attached hydrogens (tertiary/aromatic N) is 4. The minimum atomic E-state index is -0.525. The standard InChI is InChI=1S/C21H22N6O2/c1-14(28)12-22-21-25-19(24-15-7-6-10-17(11-15)29-2)18-13-23-27(20(18)26-21)16-8-4-3-5-9-16/h3-11,13-14,28H,12H2,1-2H3,(H2,22,24,25,26)/t14-/m0/s1. The number of hydrogen-bond donors (Lipinski definition) is 3. The molecule has 2 aromatic carbocycles. The van der Waals surface area contributed by atoms with E-state index in [1.54, 1.807) is 24.9 Å². The van der Waals surface area contributed by atoms with E-state index in [0.717, 1.165) is 22.5 Å². The molecule has 4 rings (SSSR count). The minimum absolute atomic E-state index is 0.337. The SMILES string of the molecule is COc1cccc(Nc2nc(NC[C@H](C)O)nc3c2cnn3-c2ccccc2)c1.